The van der Waals surface area contributed by atoms with Crippen LogP contribution >= 0.6 is 0 Å². The van der Waals surface area contributed by atoms with Crippen LogP contribution in [-0.2, 0) is 0 Å². The lowest BCUT2D eigenvalue weighted by Gasteiger charge is -2.23. The van der Waals surface area contributed by atoms with E-state index in [1.165, 1.54) is 45.2 Å². The molecule has 1 saturated carbocycles. The summed E-state index contributed by atoms with van der Waals surface area (Å²) in [6.07, 6.45) is 6.94. The van der Waals surface area contributed by atoms with E-state index in [9.17, 15) is 0 Å². The molecule has 1 N–H and O–H groups in total. The lowest BCUT2D eigenvalue weighted by Crippen LogP contribution is -2.25. The van der Waals surface area contributed by atoms with Gasteiger partial charge in [-0.3, -0.25) is 0 Å². The molecule has 1 aliphatic rings. The molecule has 0 radical (unpaired) electrons. The van der Waals surface area contributed by atoms with Gasteiger partial charge in [-0.1, -0.05) is 53.9 Å². The summed E-state index contributed by atoms with van der Waals surface area (Å²) in [4.78, 5) is 0. The second-order valence-corrected chi connectivity index (χ2v) is 6.60. The van der Waals surface area contributed by atoms with Gasteiger partial charge in [0.15, 0.2) is 0 Å². The average molecular weight is 253 g/mol. The van der Waals surface area contributed by atoms with Crippen molar-refractivity contribution in [2.24, 2.45) is 29.6 Å². The molecule has 1 rings (SSSR count). The minimum atomic E-state index is 0.829. The molecule has 0 bridgehead atoms. The van der Waals surface area contributed by atoms with Gasteiger partial charge in [-0.05, 0) is 55.5 Å². The van der Waals surface area contributed by atoms with Crippen molar-refractivity contribution in [2.75, 3.05) is 13.1 Å². The first kappa shape index (κ1) is 16.0. The Hall–Kier alpha value is -0.0400. The summed E-state index contributed by atoms with van der Waals surface area (Å²) < 4.78 is 0. The molecule has 0 amide bonds. The van der Waals surface area contributed by atoms with Gasteiger partial charge >= 0.3 is 0 Å². The maximum absolute atomic E-state index is 3.64. The van der Waals surface area contributed by atoms with E-state index in [4.69, 9.17) is 0 Å². The summed E-state index contributed by atoms with van der Waals surface area (Å²) in [6, 6.07) is 0. The fraction of sp³-hybridized carbons (Fsp3) is 1.00. The van der Waals surface area contributed by atoms with Crippen molar-refractivity contribution in [3.63, 3.8) is 0 Å². The molecule has 18 heavy (non-hydrogen) atoms. The van der Waals surface area contributed by atoms with E-state index < -0.39 is 0 Å². The Kier molecular flexibility index (Phi) is 7.29. The molecule has 1 heteroatoms. The summed E-state index contributed by atoms with van der Waals surface area (Å²) >= 11 is 0. The van der Waals surface area contributed by atoms with Crippen LogP contribution in [0.15, 0.2) is 0 Å². The summed E-state index contributed by atoms with van der Waals surface area (Å²) in [5.74, 6) is 4.83. The summed E-state index contributed by atoms with van der Waals surface area (Å²) in [5, 5.41) is 3.64. The third-order valence-electron chi connectivity index (χ3n) is 5.33. The largest absolute Gasteiger partial charge is 0.316 e. The highest BCUT2D eigenvalue weighted by atomic mass is 14.9. The molecule has 0 aromatic rings. The van der Waals surface area contributed by atoms with Gasteiger partial charge in [0.2, 0.25) is 0 Å². The van der Waals surface area contributed by atoms with Crippen LogP contribution in [0.5, 0.6) is 0 Å². The molecule has 0 aromatic carbocycles. The Morgan fingerprint density at radius 2 is 1.83 bits per heavy atom. The van der Waals surface area contributed by atoms with E-state index >= 15 is 0 Å². The van der Waals surface area contributed by atoms with Gasteiger partial charge in [-0.25, -0.2) is 0 Å². The van der Waals surface area contributed by atoms with E-state index in [1.54, 1.807) is 0 Å². The van der Waals surface area contributed by atoms with E-state index in [2.05, 4.69) is 39.9 Å². The van der Waals surface area contributed by atoms with Crippen LogP contribution in [-0.4, -0.2) is 13.1 Å². The molecule has 5 atom stereocenters. The van der Waals surface area contributed by atoms with Crippen LogP contribution in [0.25, 0.3) is 0 Å². The molecule has 0 aliphatic heterocycles. The Balaban J connectivity index is 2.17. The first-order chi connectivity index (χ1) is 8.63. The number of rotatable bonds is 10. The summed E-state index contributed by atoms with van der Waals surface area (Å²) in [5.41, 5.74) is 0. The summed E-state index contributed by atoms with van der Waals surface area (Å²) in [7, 11) is 0. The van der Waals surface area contributed by atoms with E-state index in [0.717, 1.165) is 29.6 Å². The Labute approximate surface area is 115 Å². The lowest BCUT2D eigenvalue weighted by atomic mass is 9.84. The molecule has 0 spiro atoms. The number of hydrogen-bond acceptors (Lipinski definition) is 1. The van der Waals surface area contributed by atoms with Gasteiger partial charge in [0.05, 0.1) is 0 Å². The minimum Gasteiger partial charge on any atom is -0.316 e. The van der Waals surface area contributed by atoms with Crippen molar-refractivity contribution >= 4 is 0 Å². The van der Waals surface area contributed by atoms with Crippen molar-refractivity contribution < 1.29 is 0 Å². The molecule has 5 unspecified atom stereocenters. The Morgan fingerprint density at radius 1 is 1.11 bits per heavy atom. The van der Waals surface area contributed by atoms with Crippen molar-refractivity contribution in [3.8, 4) is 0 Å². The zero-order valence-electron chi connectivity index (χ0n) is 13.3. The molecule has 1 nitrogen and oxygen atoms in total. The van der Waals surface area contributed by atoms with Crippen molar-refractivity contribution in [1.29, 1.82) is 0 Å². The smallest absolute Gasteiger partial charge is 0.00233 e. The molecular weight excluding hydrogens is 218 g/mol. The van der Waals surface area contributed by atoms with Gasteiger partial charge in [0.1, 0.15) is 0 Å². The molecule has 1 aliphatic carbocycles. The van der Waals surface area contributed by atoms with Gasteiger partial charge in [0.25, 0.3) is 0 Å². The highest BCUT2D eigenvalue weighted by Crippen LogP contribution is 2.49. The third-order valence-corrected chi connectivity index (χ3v) is 5.33. The molecule has 0 heterocycles. The Morgan fingerprint density at radius 3 is 2.33 bits per heavy atom. The first-order valence-electron chi connectivity index (χ1n) is 8.34. The average Bonchev–Trinajstić information content (AvgIpc) is 3.17. The maximum atomic E-state index is 3.64. The van der Waals surface area contributed by atoms with Crippen LogP contribution in [0.2, 0.25) is 0 Å². The van der Waals surface area contributed by atoms with E-state index in [1.807, 2.05) is 0 Å². The molecule has 0 saturated heterocycles. The highest BCUT2D eigenvalue weighted by Gasteiger charge is 2.41. The first-order valence-corrected chi connectivity index (χ1v) is 8.34. The zero-order chi connectivity index (χ0) is 13.5. The molecule has 1 fully saturated rings. The zero-order valence-corrected chi connectivity index (χ0v) is 13.3. The minimum absolute atomic E-state index is 0.829. The fourth-order valence-electron chi connectivity index (χ4n) is 3.35. The topological polar surface area (TPSA) is 12.0 Å². The lowest BCUT2D eigenvalue weighted by molar-refractivity contribution is 0.277. The maximum Gasteiger partial charge on any atom is -0.00233 e. The van der Waals surface area contributed by atoms with E-state index in [0.29, 0.717) is 0 Å². The quantitative estimate of drug-likeness (QED) is 0.555. The standard InChI is InChI=1S/C17H35N/c1-6-13(4)12-18-10-9-15(7-2)14(5)17-11-16(17)8-3/h13-18H,6-12H2,1-5H3. The van der Waals surface area contributed by atoms with Gasteiger partial charge in [-0.2, -0.15) is 0 Å². The van der Waals surface area contributed by atoms with Gasteiger partial charge in [0, 0.05) is 0 Å². The van der Waals surface area contributed by atoms with Crippen LogP contribution in [0, 0.1) is 29.6 Å². The van der Waals surface area contributed by atoms with Crippen molar-refractivity contribution in [1.82, 2.24) is 5.32 Å². The van der Waals surface area contributed by atoms with E-state index in [-0.39, 0.29) is 0 Å². The molecule has 0 aromatic heterocycles. The van der Waals surface area contributed by atoms with Crippen LogP contribution in [0.1, 0.15) is 66.7 Å². The fourth-order valence-corrected chi connectivity index (χ4v) is 3.35. The Bertz CT molecular complexity index is 214. The predicted octanol–water partition coefficient (Wildman–Crippen LogP) is 4.72. The summed E-state index contributed by atoms with van der Waals surface area (Å²) in [6.45, 7) is 14.3. The van der Waals surface area contributed by atoms with Crippen molar-refractivity contribution in [2.45, 2.75) is 66.7 Å². The van der Waals surface area contributed by atoms with Crippen LogP contribution in [0.4, 0.5) is 0 Å². The molecule has 108 valence electrons. The second-order valence-electron chi connectivity index (χ2n) is 6.60. The monoisotopic (exact) mass is 253 g/mol. The number of hydrogen-bond donors (Lipinski definition) is 1. The highest BCUT2D eigenvalue weighted by molar-refractivity contribution is 4.91. The third kappa shape index (κ3) is 4.91. The van der Waals surface area contributed by atoms with Crippen LogP contribution < -0.4 is 5.32 Å². The second kappa shape index (κ2) is 8.19. The van der Waals surface area contributed by atoms with Crippen molar-refractivity contribution in [3.05, 3.63) is 0 Å². The van der Waals surface area contributed by atoms with Crippen LogP contribution in [0.3, 0.4) is 0 Å². The number of nitrogens with one attached hydrogen (secondary N) is 1. The predicted molar refractivity (Wildman–Crippen MR) is 81.8 cm³/mol. The normalized spacial score (nSPS) is 27.8. The van der Waals surface area contributed by atoms with Gasteiger partial charge < -0.3 is 5.32 Å². The molecular formula is C17H35N. The van der Waals surface area contributed by atoms with Gasteiger partial charge in [-0.15, -0.1) is 0 Å². The SMILES string of the molecule is CCC(C)CNCCC(CC)C(C)C1CC1CC.